The Morgan fingerprint density at radius 1 is 1.12 bits per heavy atom. The SMILES string of the molecule is CN(CCc1ccccc1)[C@@H]1[C@H](O)[C@H](CO)O[C@@H]1CNC(=O)Nc1ccc(OC(F)(F)F)cc1. The van der Waals surface area contributed by atoms with Crippen molar-refractivity contribution in [2.45, 2.75) is 37.1 Å². The number of hydrogen-bond donors (Lipinski definition) is 4. The van der Waals surface area contributed by atoms with E-state index in [9.17, 15) is 28.2 Å². The molecular formula is C23H28F3N3O5. The maximum atomic E-state index is 12.3. The molecule has 0 spiro atoms. The Morgan fingerprint density at radius 2 is 1.79 bits per heavy atom. The molecule has 1 aliphatic heterocycles. The summed E-state index contributed by atoms with van der Waals surface area (Å²) < 4.78 is 46.3. The molecule has 4 atom stereocenters. The molecule has 4 N–H and O–H groups in total. The zero-order chi connectivity index (χ0) is 24.7. The molecule has 3 rings (SSSR count). The number of alkyl halides is 3. The van der Waals surface area contributed by atoms with Crippen molar-refractivity contribution in [3.8, 4) is 5.75 Å². The van der Waals surface area contributed by atoms with Gasteiger partial charge in [-0.2, -0.15) is 0 Å². The minimum Gasteiger partial charge on any atom is -0.406 e. The second kappa shape index (κ2) is 11.5. The highest BCUT2D eigenvalue weighted by molar-refractivity contribution is 5.89. The van der Waals surface area contributed by atoms with Crippen LogP contribution in [0.15, 0.2) is 54.6 Å². The predicted octanol–water partition coefficient (Wildman–Crippen LogP) is 2.37. The highest BCUT2D eigenvalue weighted by Gasteiger charge is 2.45. The minimum atomic E-state index is -4.80. The van der Waals surface area contributed by atoms with Crippen LogP contribution in [0.3, 0.4) is 0 Å². The Morgan fingerprint density at radius 3 is 2.41 bits per heavy atom. The summed E-state index contributed by atoms with van der Waals surface area (Å²) in [6, 6.07) is 13.5. The van der Waals surface area contributed by atoms with Gasteiger partial charge in [-0.3, -0.25) is 4.90 Å². The molecule has 0 radical (unpaired) electrons. The van der Waals surface area contributed by atoms with Gasteiger partial charge in [0.15, 0.2) is 0 Å². The van der Waals surface area contributed by atoms with Gasteiger partial charge in [0.2, 0.25) is 0 Å². The van der Waals surface area contributed by atoms with Crippen LogP contribution in [-0.2, 0) is 11.2 Å². The molecule has 34 heavy (non-hydrogen) atoms. The molecule has 0 aromatic heterocycles. The quantitative estimate of drug-likeness (QED) is 0.437. The fourth-order valence-corrected chi connectivity index (χ4v) is 3.90. The molecular weight excluding hydrogens is 455 g/mol. The molecule has 0 unspecified atom stereocenters. The molecule has 2 amide bonds. The topological polar surface area (TPSA) is 103 Å². The van der Waals surface area contributed by atoms with Gasteiger partial charge >= 0.3 is 12.4 Å². The van der Waals surface area contributed by atoms with Crippen molar-refractivity contribution in [1.29, 1.82) is 0 Å². The molecule has 2 aromatic rings. The van der Waals surface area contributed by atoms with Gasteiger partial charge in [-0.25, -0.2) is 4.79 Å². The molecule has 0 saturated carbocycles. The summed E-state index contributed by atoms with van der Waals surface area (Å²) >= 11 is 0. The average molecular weight is 483 g/mol. The first-order valence-electron chi connectivity index (χ1n) is 10.8. The summed E-state index contributed by atoms with van der Waals surface area (Å²) in [5, 5.41) is 25.3. The lowest BCUT2D eigenvalue weighted by molar-refractivity contribution is -0.274. The van der Waals surface area contributed by atoms with E-state index in [2.05, 4.69) is 15.4 Å². The van der Waals surface area contributed by atoms with E-state index >= 15 is 0 Å². The third kappa shape index (κ3) is 7.32. The molecule has 1 saturated heterocycles. The standard InChI is InChI=1S/C23H28F3N3O5/c1-29(12-11-15-5-3-2-4-6-15)20-18(33-19(14-30)21(20)31)13-27-22(32)28-16-7-9-17(10-8-16)34-23(24,25)26/h2-10,18-21,30-31H,11-14H2,1H3,(H2,27,28,32)/t18-,19+,20+,21-/m1/s1. The zero-order valence-corrected chi connectivity index (χ0v) is 18.5. The van der Waals surface area contributed by atoms with Crippen LogP contribution in [0.25, 0.3) is 0 Å². The van der Waals surface area contributed by atoms with Crippen LogP contribution in [0, 0.1) is 0 Å². The summed E-state index contributed by atoms with van der Waals surface area (Å²) in [5.41, 5.74) is 1.41. The minimum absolute atomic E-state index is 0.0506. The molecule has 11 heteroatoms. The molecule has 186 valence electrons. The van der Waals surface area contributed by atoms with Crippen molar-refractivity contribution in [2.24, 2.45) is 0 Å². The number of halogens is 3. The largest absolute Gasteiger partial charge is 0.573 e. The second-order valence-electron chi connectivity index (χ2n) is 8.00. The first-order valence-corrected chi connectivity index (χ1v) is 10.8. The number of aliphatic hydroxyl groups is 2. The summed E-state index contributed by atoms with van der Waals surface area (Å²) in [7, 11) is 1.84. The van der Waals surface area contributed by atoms with Crippen molar-refractivity contribution >= 4 is 11.7 Å². The van der Waals surface area contributed by atoms with Crippen molar-refractivity contribution in [2.75, 3.05) is 32.1 Å². The second-order valence-corrected chi connectivity index (χ2v) is 8.00. The van der Waals surface area contributed by atoms with E-state index in [1.807, 2.05) is 42.3 Å². The molecule has 1 aliphatic rings. The van der Waals surface area contributed by atoms with Crippen molar-refractivity contribution in [1.82, 2.24) is 10.2 Å². The van der Waals surface area contributed by atoms with E-state index in [1.165, 1.54) is 12.1 Å². The lowest BCUT2D eigenvalue weighted by Gasteiger charge is -2.30. The van der Waals surface area contributed by atoms with Gasteiger partial charge in [0.1, 0.15) is 18.0 Å². The van der Waals surface area contributed by atoms with Gasteiger partial charge in [-0.1, -0.05) is 30.3 Å². The Kier molecular flexibility index (Phi) is 8.72. The Bertz CT molecular complexity index is 914. The van der Waals surface area contributed by atoms with Gasteiger partial charge in [0, 0.05) is 18.8 Å². The van der Waals surface area contributed by atoms with Gasteiger partial charge in [-0.15, -0.1) is 13.2 Å². The summed E-state index contributed by atoms with van der Waals surface area (Å²) in [6.45, 7) is 0.316. The number of rotatable bonds is 9. The summed E-state index contributed by atoms with van der Waals surface area (Å²) in [5.74, 6) is -0.400. The third-order valence-corrected chi connectivity index (χ3v) is 5.56. The maximum Gasteiger partial charge on any atom is 0.573 e. The summed E-state index contributed by atoms with van der Waals surface area (Å²) in [6.07, 6.45) is -6.35. The fourth-order valence-electron chi connectivity index (χ4n) is 3.90. The molecule has 8 nitrogen and oxygen atoms in total. The Labute approximate surface area is 195 Å². The highest BCUT2D eigenvalue weighted by Crippen LogP contribution is 2.26. The van der Waals surface area contributed by atoms with Crippen LogP contribution < -0.4 is 15.4 Å². The first-order chi connectivity index (χ1) is 16.2. The maximum absolute atomic E-state index is 12.3. The number of carbonyl (C=O) groups excluding carboxylic acids is 1. The number of nitrogens with one attached hydrogen (secondary N) is 2. The molecule has 1 fully saturated rings. The van der Waals surface area contributed by atoms with Crippen molar-refractivity contribution < 1.29 is 37.7 Å². The van der Waals surface area contributed by atoms with E-state index in [0.717, 1.165) is 24.1 Å². The van der Waals surface area contributed by atoms with Crippen LogP contribution in [0.5, 0.6) is 5.75 Å². The van der Waals surface area contributed by atoms with Crippen LogP contribution in [0.1, 0.15) is 5.56 Å². The number of hydrogen-bond acceptors (Lipinski definition) is 6. The average Bonchev–Trinajstić information content (AvgIpc) is 3.12. The first kappa shape index (κ1) is 25.8. The van der Waals surface area contributed by atoms with E-state index in [-0.39, 0.29) is 18.8 Å². The monoisotopic (exact) mass is 483 g/mol. The number of urea groups is 1. The normalized spacial score (nSPS) is 22.6. The number of aliphatic hydroxyl groups excluding tert-OH is 2. The number of likely N-dealkylation sites (N-methyl/N-ethyl adjacent to an activating group) is 1. The van der Waals surface area contributed by atoms with Crippen LogP contribution in [0.4, 0.5) is 23.7 Å². The van der Waals surface area contributed by atoms with E-state index in [1.54, 1.807) is 0 Å². The number of benzene rings is 2. The molecule has 0 bridgehead atoms. The number of amides is 2. The lowest BCUT2D eigenvalue weighted by Crippen LogP contribution is -2.50. The summed E-state index contributed by atoms with van der Waals surface area (Å²) in [4.78, 5) is 14.2. The van der Waals surface area contributed by atoms with Crippen molar-refractivity contribution in [3.05, 3.63) is 60.2 Å². The predicted molar refractivity (Wildman–Crippen MR) is 118 cm³/mol. The molecule has 2 aromatic carbocycles. The molecule has 1 heterocycles. The van der Waals surface area contributed by atoms with E-state index in [4.69, 9.17) is 4.74 Å². The molecule has 0 aliphatic carbocycles. The van der Waals surface area contributed by atoms with Gasteiger partial charge in [0.25, 0.3) is 0 Å². The smallest absolute Gasteiger partial charge is 0.406 e. The lowest BCUT2D eigenvalue weighted by atomic mass is 10.0. The van der Waals surface area contributed by atoms with E-state index in [0.29, 0.717) is 6.54 Å². The van der Waals surface area contributed by atoms with E-state index < -0.39 is 42.5 Å². The Hall–Kier alpha value is -2.86. The fraction of sp³-hybridized carbons (Fsp3) is 0.435. The highest BCUT2D eigenvalue weighted by atomic mass is 19.4. The third-order valence-electron chi connectivity index (χ3n) is 5.56. The van der Waals surface area contributed by atoms with Gasteiger partial charge in [0.05, 0.1) is 18.8 Å². The van der Waals surface area contributed by atoms with Gasteiger partial charge < -0.3 is 30.3 Å². The van der Waals surface area contributed by atoms with Crippen molar-refractivity contribution in [3.63, 3.8) is 0 Å². The zero-order valence-electron chi connectivity index (χ0n) is 18.5. The van der Waals surface area contributed by atoms with Crippen LogP contribution in [-0.4, -0.2) is 78.6 Å². The van der Waals surface area contributed by atoms with Crippen LogP contribution >= 0.6 is 0 Å². The number of ether oxygens (including phenoxy) is 2. The Balaban J connectivity index is 1.54. The number of nitrogens with zero attached hydrogens (tertiary/aromatic N) is 1. The number of carbonyl (C=O) groups is 1. The van der Waals surface area contributed by atoms with Crippen LogP contribution in [0.2, 0.25) is 0 Å². The van der Waals surface area contributed by atoms with Gasteiger partial charge in [-0.05, 0) is 43.3 Å². The number of anilines is 1.